The summed E-state index contributed by atoms with van der Waals surface area (Å²) in [6.45, 7) is 0.801. The summed E-state index contributed by atoms with van der Waals surface area (Å²) in [5.74, 6) is 0. The fraction of sp³-hybridized carbons (Fsp3) is 0.235. The third-order valence-electron chi connectivity index (χ3n) is 3.79. The van der Waals surface area contributed by atoms with Crippen molar-refractivity contribution in [2.45, 2.75) is 25.4 Å². The first kappa shape index (κ1) is 13.4. The smallest absolute Gasteiger partial charge is 0.0991 e. The van der Waals surface area contributed by atoms with E-state index in [1.165, 1.54) is 11.1 Å². The van der Waals surface area contributed by atoms with Crippen molar-refractivity contribution < 1.29 is 0 Å². The lowest BCUT2D eigenvalue weighted by atomic mass is 10.1. The number of nitrogens with one attached hydrogen (secondary N) is 1. The summed E-state index contributed by atoms with van der Waals surface area (Å²) in [7, 11) is 0. The van der Waals surface area contributed by atoms with Crippen molar-refractivity contribution in [1.29, 1.82) is 5.26 Å². The minimum absolute atomic E-state index is 0.420. The predicted molar refractivity (Wildman–Crippen MR) is 83.2 cm³/mol. The fourth-order valence-corrected chi connectivity index (χ4v) is 3.20. The number of aryl methyl sites for hydroxylation is 1. The van der Waals surface area contributed by atoms with Crippen LogP contribution in [0.3, 0.4) is 0 Å². The van der Waals surface area contributed by atoms with E-state index in [4.69, 9.17) is 5.26 Å². The van der Waals surface area contributed by atoms with E-state index in [9.17, 15) is 0 Å². The maximum absolute atomic E-state index is 8.92. The van der Waals surface area contributed by atoms with Gasteiger partial charge in [0.15, 0.2) is 0 Å². The highest BCUT2D eigenvalue weighted by Gasteiger charge is 2.21. The lowest BCUT2D eigenvalue weighted by Gasteiger charge is -2.14. The zero-order chi connectivity index (χ0) is 13.9. The summed E-state index contributed by atoms with van der Waals surface area (Å²) in [5.41, 5.74) is 4.72. The van der Waals surface area contributed by atoms with Crippen molar-refractivity contribution in [2.24, 2.45) is 0 Å². The topological polar surface area (TPSA) is 35.8 Å². The van der Waals surface area contributed by atoms with Crippen LogP contribution in [-0.2, 0) is 13.0 Å². The number of nitriles is 1. The van der Waals surface area contributed by atoms with Crippen LogP contribution in [0.25, 0.3) is 0 Å². The first-order valence-electron chi connectivity index (χ1n) is 6.77. The Bertz CT molecular complexity index is 673. The molecule has 1 aliphatic rings. The van der Waals surface area contributed by atoms with Crippen LogP contribution in [0, 0.1) is 11.3 Å². The normalized spacial score (nSPS) is 16.7. The fourth-order valence-electron chi connectivity index (χ4n) is 2.79. The lowest BCUT2D eigenvalue weighted by Crippen LogP contribution is -2.18. The van der Waals surface area contributed by atoms with Gasteiger partial charge in [-0.25, -0.2) is 0 Å². The highest BCUT2D eigenvalue weighted by atomic mass is 79.9. The van der Waals surface area contributed by atoms with Gasteiger partial charge in [0.05, 0.1) is 11.6 Å². The summed E-state index contributed by atoms with van der Waals surface area (Å²) in [6.07, 6.45) is 2.27. The number of halogens is 1. The van der Waals surface area contributed by atoms with E-state index in [-0.39, 0.29) is 0 Å². The maximum atomic E-state index is 8.92. The molecule has 0 fully saturated rings. The molecule has 1 aliphatic carbocycles. The molecule has 0 radical (unpaired) electrons. The summed E-state index contributed by atoms with van der Waals surface area (Å²) in [4.78, 5) is 0. The van der Waals surface area contributed by atoms with E-state index in [1.54, 1.807) is 0 Å². The molecule has 3 rings (SSSR count). The molecule has 1 unspecified atom stereocenters. The third kappa shape index (κ3) is 2.77. The van der Waals surface area contributed by atoms with Crippen molar-refractivity contribution in [3.05, 3.63) is 69.2 Å². The molecule has 2 aromatic carbocycles. The Balaban J connectivity index is 1.70. The van der Waals surface area contributed by atoms with Gasteiger partial charge in [-0.3, -0.25) is 0 Å². The second-order valence-corrected chi connectivity index (χ2v) is 6.04. The number of fused-ring (bicyclic) bond motifs is 1. The first-order chi connectivity index (χ1) is 9.76. The number of nitrogens with zero attached hydrogens (tertiary/aromatic N) is 1. The summed E-state index contributed by atoms with van der Waals surface area (Å²) in [6, 6.07) is 16.9. The average molecular weight is 327 g/mol. The molecular weight excluding hydrogens is 312 g/mol. The van der Waals surface area contributed by atoms with Gasteiger partial charge in [0.2, 0.25) is 0 Å². The summed E-state index contributed by atoms with van der Waals surface area (Å²) in [5, 5.41) is 12.5. The number of hydrogen-bond acceptors (Lipinski definition) is 2. The van der Waals surface area contributed by atoms with Gasteiger partial charge in [-0.05, 0) is 53.8 Å². The number of rotatable bonds is 3. The minimum atomic E-state index is 0.420. The molecule has 0 aromatic heterocycles. The van der Waals surface area contributed by atoms with Crippen molar-refractivity contribution in [1.82, 2.24) is 5.32 Å². The van der Waals surface area contributed by atoms with Crippen LogP contribution >= 0.6 is 15.9 Å². The molecule has 20 heavy (non-hydrogen) atoms. The maximum Gasteiger partial charge on any atom is 0.0991 e. The SMILES string of the molecule is N#Cc1cccc(CNC2CCc3cc(Br)ccc32)c1. The molecule has 100 valence electrons. The molecule has 2 aromatic rings. The van der Waals surface area contributed by atoms with Gasteiger partial charge in [-0.15, -0.1) is 0 Å². The molecule has 2 nitrogen and oxygen atoms in total. The second-order valence-electron chi connectivity index (χ2n) is 5.13. The van der Waals surface area contributed by atoms with Crippen LogP contribution < -0.4 is 5.32 Å². The van der Waals surface area contributed by atoms with Crippen LogP contribution in [0.4, 0.5) is 0 Å². The third-order valence-corrected chi connectivity index (χ3v) is 4.28. The van der Waals surface area contributed by atoms with Gasteiger partial charge in [0.1, 0.15) is 0 Å². The molecule has 1 N–H and O–H groups in total. The van der Waals surface area contributed by atoms with Crippen molar-refractivity contribution in [2.75, 3.05) is 0 Å². The molecule has 0 heterocycles. The second kappa shape index (κ2) is 5.78. The largest absolute Gasteiger partial charge is 0.306 e. The van der Waals surface area contributed by atoms with Crippen LogP contribution in [0.1, 0.15) is 34.7 Å². The number of benzene rings is 2. The Hall–Kier alpha value is -1.63. The molecule has 1 atom stereocenters. The highest BCUT2D eigenvalue weighted by molar-refractivity contribution is 9.10. The molecule has 0 aliphatic heterocycles. The highest BCUT2D eigenvalue weighted by Crippen LogP contribution is 2.33. The predicted octanol–water partition coefficient (Wildman–Crippen LogP) is 4.10. The van der Waals surface area contributed by atoms with E-state index in [2.05, 4.69) is 51.6 Å². The van der Waals surface area contributed by atoms with Crippen molar-refractivity contribution >= 4 is 15.9 Å². The Morgan fingerprint density at radius 3 is 3.00 bits per heavy atom. The van der Waals surface area contributed by atoms with Crippen LogP contribution in [0.15, 0.2) is 46.9 Å². The van der Waals surface area contributed by atoms with Crippen LogP contribution in [0.2, 0.25) is 0 Å². The van der Waals surface area contributed by atoms with Crippen molar-refractivity contribution in [3.8, 4) is 6.07 Å². The van der Waals surface area contributed by atoms with Gasteiger partial charge in [0, 0.05) is 17.1 Å². The van der Waals surface area contributed by atoms with E-state index < -0.39 is 0 Å². The summed E-state index contributed by atoms with van der Waals surface area (Å²) >= 11 is 3.53. The zero-order valence-electron chi connectivity index (χ0n) is 11.1. The Morgan fingerprint density at radius 1 is 1.25 bits per heavy atom. The first-order valence-corrected chi connectivity index (χ1v) is 7.56. The Morgan fingerprint density at radius 2 is 2.15 bits per heavy atom. The zero-order valence-corrected chi connectivity index (χ0v) is 12.7. The van der Waals surface area contributed by atoms with Gasteiger partial charge >= 0.3 is 0 Å². The minimum Gasteiger partial charge on any atom is -0.306 e. The standard InChI is InChI=1S/C17H15BrN2/c18-15-5-6-16-14(9-15)4-7-17(16)20-11-13-3-1-2-12(8-13)10-19/h1-3,5-6,8-9,17,20H,4,7,11H2. The van der Waals surface area contributed by atoms with E-state index >= 15 is 0 Å². The van der Waals surface area contributed by atoms with E-state index in [0.717, 1.165) is 35.0 Å². The average Bonchev–Trinajstić information content (AvgIpc) is 2.87. The monoisotopic (exact) mass is 326 g/mol. The molecule has 0 bridgehead atoms. The van der Waals surface area contributed by atoms with Gasteiger partial charge in [0.25, 0.3) is 0 Å². The lowest BCUT2D eigenvalue weighted by molar-refractivity contribution is 0.530. The molecule has 0 saturated heterocycles. The molecule has 3 heteroatoms. The molecule has 0 spiro atoms. The van der Waals surface area contributed by atoms with E-state index in [0.29, 0.717) is 6.04 Å². The van der Waals surface area contributed by atoms with Gasteiger partial charge in [-0.2, -0.15) is 5.26 Å². The molecule has 0 amide bonds. The van der Waals surface area contributed by atoms with Gasteiger partial charge < -0.3 is 5.32 Å². The molecular formula is C17H15BrN2. The Kier molecular flexibility index (Phi) is 3.86. The quantitative estimate of drug-likeness (QED) is 0.921. The van der Waals surface area contributed by atoms with Crippen LogP contribution in [0.5, 0.6) is 0 Å². The summed E-state index contributed by atoms with van der Waals surface area (Å²) < 4.78 is 1.15. The van der Waals surface area contributed by atoms with Crippen molar-refractivity contribution in [3.63, 3.8) is 0 Å². The van der Waals surface area contributed by atoms with Gasteiger partial charge in [-0.1, -0.05) is 34.1 Å². The molecule has 0 saturated carbocycles. The Labute approximate surface area is 127 Å². The number of hydrogen-bond donors (Lipinski definition) is 1. The van der Waals surface area contributed by atoms with Crippen LogP contribution in [-0.4, -0.2) is 0 Å². The van der Waals surface area contributed by atoms with E-state index in [1.807, 2.05) is 18.2 Å².